The topological polar surface area (TPSA) is 101 Å². The van der Waals surface area contributed by atoms with E-state index in [-0.39, 0.29) is 5.56 Å². The Labute approximate surface area is 94.8 Å². The fourth-order valence-corrected chi connectivity index (χ4v) is 1.28. The number of hydrogen-bond acceptors (Lipinski definition) is 5. The van der Waals surface area contributed by atoms with Crippen LogP contribution >= 0.6 is 0 Å². The molecule has 0 unspecified atom stereocenters. The number of carboxylic acids is 1. The van der Waals surface area contributed by atoms with Crippen LogP contribution in [-0.4, -0.2) is 26.9 Å². The lowest BCUT2D eigenvalue weighted by molar-refractivity contribution is -0.135. The lowest BCUT2D eigenvalue weighted by atomic mass is 10.1. The Bertz CT molecular complexity index is 626. The summed E-state index contributed by atoms with van der Waals surface area (Å²) in [6, 6.07) is 4.47. The summed E-state index contributed by atoms with van der Waals surface area (Å²) in [5.74, 6) is -3.19. The Morgan fingerprint density at radius 3 is 2.76 bits per heavy atom. The number of aromatic nitrogens is 1. The number of nitrogens with zero attached hydrogens (tertiary/aromatic N) is 1. The summed E-state index contributed by atoms with van der Waals surface area (Å²) in [5, 5.41) is 17.4. The number of carbonyl (C=O) groups excluding carboxylic acids is 1. The van der Waals surface area contributed by atoms with Gasteiger partial charge in [0.1, 0.15) is 5.52 Å². The van der Waals surface area contributed by atoms with Crippen LogP contribution in [0.1, 0.15) is 10.4 Å². The molecule has 6 heteroatoms. The highest BCUT2D eigenvalue weighted by molar-refractivity contribution is 6.08. The van der Waals surface area contributed by atoms with Crippen LogP contribution in [0.15, 0.2) is 40.8 Å². The Hall–Kier alpha value is -2.63. The number of oxazole rings is 1. The van der Waals surface area contributed by atoms with Crippen LogP contribution in [0.2, 0.25) is 0 Å². The average molecular weight is 233 g/mol. The minimum absolute atomic E-state index is 0.210. The van der Waals surface area contributed by atoms with Crippen molar-refractivity contribution in [2.24, 2.45) is 0 Å². The lowest BCUT2D eigenvalue weighted by Gasteiger charge is -1.96. The molecule has 1 aromatic carbocycles. The summed E-state index contributed by atoms with van der Waals surface area (Å²) in [5.41, 5.74) is 1.22. The van der Waals surface area contributed by atoms with Gasteiger partial charge in [0.05, 0.1) is 0 Å². The van der Waals surface area contributed by atoms with Crippen molar-refractivity contribution in [3.8, 4) is 0 Å². The number of carboxylic acid groups (broad SMARTS) is 1. The van der Waals surface area contributed by atoms with Gasteiger partial charge in [-0.1, -0.05) is 0 Å². The van der Waals surface area contributed by atoms with Crippen molar-refractivity contribution in [1.29, 1.82) is 0 Å². The SMILES string of the molecule is O=C(O)/C(O)=C/C(=O)c1ccc2ncoc2c1. The summed E-state index contributed by atoms with van der Waals surface area (Å²) >= 11 is 0. The van der Waals surface area contributed by atoms with Crippen LogP contribution in [0.25, 0.3) is 11.1 Å². The largest absolute Gasteiger partial charge is 0.502 e. The molecule has 2 N–H and O–H groups in total. The van der Waals surface area contributed by atoms with Crippen molar-refractivity contribution in [1.82, 2.24) is 4.98 Å². The fourth-order valence-electron chi connectivity index (χ4n) is 1.28. The van der Waals surface area contributed by atoms with Gasteiger partial charge in [0, 0.05) is 11.6 Å². The average Bonchev–Trinajstić information content (AvgIpc) is 2.75. The molecule has 0 fully saturated rings. The second-order valence-electron chi connectivity index (χ2n) is 3.23. The number of ketones is 1. The van der Waals surface area contributed by atoms with Gasteiger partial charge in [-0.3, -0.25) is 4.79 Å². The van der Waals surface area contributed by atoms with E-state index in [1.165, 1.54) is 18.5 Å². The molecule has 17 heavy (non-hydrogen) atoms. The van der Waals surface area contributed by atoms with Gasteiger partial charge < -0.3 is 14.6 Å². The Balaban J connectivity index is 2.36. The number of hydrogen-bond donors (Lipinski definition) is 2. The molecule has 0 aliphatic rings. The minimum Gasteiger partial charge on any atom is -0.502 e. The smallest absolute Gasteiger partial charge is 0.371 e. The van der Waals surface area contributed by atoms with E-state index in [0.29, 0.717) is 17.2 Å². The number of rotatable bonds is 3. The van der Waals surface area contributed by atoms with Crippen molar-refractivity contribution >= 4 is 22.9 Å². The Kier molecular flexibility index (Phi) is 2.61. The first kappa shape index (κ1) is 10.9. The second-order valence-corrected chi connectivity index (χ2v) is 3.23. The fraction of sp³-hybridized carbons (Fsp3) is 0. The number of benzene rings is 1. The van der Waals surface area contributed by atoms with E-state index >= 15 is 0 Å². The number of fused-ring (bicyclic) bond motifs is 1. The maximum atomic E-state index is 11.6. The molecule has 2 rings (SSSR count). The molecule has 86 valence electrons. The third-order valence-corrected chi connectivity index (χ3v) is 2.10. The predicted octanol–water partition coefficient (Wildman–Crippen LogP) is 1.54. The molecule has 0 atom stereocenters. The van der Waals surface area contributed by atoms with Crippen LogP contribution in [-0.2, 0) is 4.79 Å². The third-order valence-electron chi connectivity index (χ3n) is 2.10. The Morgan fingerprint density at radius 1 is 1.29 bits per heavy atom. The van der Waals surface area contributed by atoms with E-state index in [4.69, 9.17) is 14.6 Å². The maximum Gasteiger partial charge on any atom is 0.371 e. The summed E-state index contributed by atoms with van der Waals surface area (Å²) in [6.45, 7) is 0. The third kappa shape index (κ3) is 2.15. The van der Waals surface area contributed by atoms with Crippen LogP contribution < -0.4 is 0 Å². The van der Waals surface area contributed by atoms with Gasteiger partial charge in [-0.25, -0.2) is 9.78 Å². The highest BCUT2D eigenvalue weighted by atomic mass is 16.4. The summed E-state index contributed by atoms with van der Waals surface area (Å²) in [4.78, 5) is 25.8. The van der Waals surface area contributed by atoms with Gasteiger partial charge in [-0.15, -0.1) is 0 Å². The standard InChI is InChI=1S/C11H7NO5/c13-8(4-9(14)11(15)16)6-1-2-7-10(3-6)17-5-12-7/h1-5,14H,(H,15,16)/b9-4-. The van der Waals surface area contributed by atoms with Crippen LogP contribution in [0.3, 0.4) is 0 Å². The molecule has 0 saturated carbocycles. The van der Waals surface area contributed by atoms with Crippen molar-refractivity contribution in [2.75, 3.05) is 0 Å². The van der Waals surface area contributed by atoms with Crippen molar-refractivity contribution in [2.45, 2.75) is 0 Å². The molecule has 1 aromatic heterocycles. The number of aliphatic hydroxyl groups excluding tert-OH is 1. The molecule has 0 amide bonds. The molecule has 2 aromatic rings. The maximum absolute atomic E-state index is 11.6. The lowest BCUT2D eigenvalue weighted by Crippen LogP contribution is -2.03. The minimum atomic E-state index is -1.56. The van der Waals surface area contributed by atoms with Crippen LogP contribution in [0.4, 0.5) is 0 Å². The number of allylic oxidation sites excluding steroid dienone is 1. The van der Waals surface area contributed by atoms with Gasteiger partial charge >= 0.3 is 5.97 Å². The van der Waals surface area contributed by atoms with E-state index < -0.39 is 17.5 Å². The zero-order valence-corrected chi connectivity index (χ0v) is 8.45. The number of carbonyl (C=O) groups is 2. The Morgan fingerprint density at radius 2 is 2.06 bits per heavy atom. The first-order valence-corrected chi connectivity index (χ1v) is 4.59. The monoisotopic (exact) mass is 233 g/mol. The van der Waals surface area contributed by atoms with Gasteiger partial charge in [-0.05, 0) is 18.2 Å². The first-order chi connectivity index (χ1) is 8.08. The van der Waals surface area contributed by atoms with E-state index in [1.807, 2.05) is 0 Å². The van der Waals surface area contributed by atoms with E-state index in [0.717, 1.165) is 0 Å². The first-order valence-electron chi connectivity index (χ1n) is 4.59. The van der Waals surface area contributed by atoms with Crippen molar-refractivity contribution in [3.05, 3.63) is 42.0 Å². The summed E-state index contributed by atoms with van der Waals surface area (Å²) in [7, 11) is 0. The molecule has 0 saturated heterocycles. The second kappa shape index (κ2) is 4.09. The van der Waals surface area contributed by atoms with Crippen molar-refractivity contribution < 1.29 is 24.2 Å². The van der Waals surface area contributed by atoms with Gasteiger partial charge in [0.25, 0.3) is 0 Å². The van der Waals surface area contributed by atoms with Gasteiger partial charge in [0.15, 0.2) is 17.8 Å². The summed E-state index contributed by atoms with van der Waals surface area (Å²) < 4.78 is 5.00. The zero-order valence-electron chi connectivity index (χ0n) is 8.45. The molecule has 1 heterocycles. The molecular formula is C11H7NO5. The molecule has 0 bridgehead atoms. The molecule has 0 spiro atoms. The molecule has 6 nitrogen and oxygen atoms in total. The molecule has 0 aliphatic carbocycles. The normalized spacial score (nSPS) is 11.6. The van der Waals surface area contributed by atoms with E-state index in [2.05, 4.69) is 4.98 Å². The predicted molar refractivity (Wildman–Crippen MR) is 56.7 cm³/mol. The highest BCUT2D eigenvalue weighted by Crippen LogP contribution is 2.15. The van der Waals surface area contributed by atoms with E-state index in [1.54, 1.807) is 6.07 Å². The molecule has 0 radical (unpaired) electrons. The quantitative estimate of drug-likeness (QED) is 0.473. The number of aliphatic hydroxyl groups is 1. The number of aliphatic carboxylic acids is 1. The molecule has 0 aliphatic heterocycles. The van der Waals surface area contributed by atoms with Crippen LogP contribution in [0, 0.1) is 0 Å². The van der Waals surface area contributed by atoms with Gasteiger partial charge in [0.2, 0.25) is 5.76 Å². The van der Waals surface area contributed by atoms with E-state index in [9.17, 15) is 9.59 Å². The summed E-state index contributed by atoms with van der Waals surface area (Å²) in [6.07, 6.45) is 1.88. The van der Waals surface area contributed by atoms with Gasteiger partial charge in [-0.2, -0.15) is 0 Å². The zero-order chi connectivity index (χ0) is 12.4. The highest BCUT2D eigenvalue weighted by Gasteiger charge is 2.10. The van der Waals surface area contributed by atoms with Crippen molar-refractivity contribution in [3.63, 3.8) is 0 Å². The van der Waals surface area contributed by atoms with Crippen LogP contribution in [0.5, 0.6) is 0 Å². The molecular weight excluding hydrogens is 226 g/mol.